The van der Waals surface area contributed by atoms with Gasteiger partial charge in [-0.25, -0.2) is 8.78 Å². The average molecular weight is 559 g/mol. The third kappa shape index (κ3) is 6.44. The Balaban J connectivity index is 1.13. The zero-order chi connectivity index (χ0) is 27.7. The van der Waals surface area contributed by atoms with Gasteiger partial charge in [0.2, 0.25) is 5.43 Å². The molecule has 2 saturated carbocycles. The lowest BCUT2D eigenvalue weighted by molar-refractivity contribution is 0.0875. The number of hydrogen-bond donors (Lipinski definition) is 2. The molecule has 1 heterocycles. The smallest absolute Gasteiger partial charge is 0.256 e. The molecular formula is C30H33ClF2N2O4. The minimum absolute atomic E-state index is 0.0230. The lowest BCUT2D eigenvalue weighted by atomic mass is 9.83. The molecule has 2 fully saturated rings. The van der Waals surface area contributed by atoms with Crippen molar-refractivity contribution in [3.63, 3.8) is 0 Å². The van der Waals surface area contributed by atoms with Gasteiger partial charge in [0.15, 0.2) is 0 Å². The first-order valence-electron chi connectivity index (χ1n) is 13.6. The van der Waals surface area contributed by atoms with Crippen LogP contribution < -0.4 is 15.5 Å². The van der Waals surface area contributed by atoms with Crippen molar-refractivity contribution in [1.29, 1.82) is 0 Å². The van der Waals surface area contributed by atoms with Crippen molar-refractivity contribution in [2.24, 2.45) is 5.92 Å². The Bertz CT molecular complexity index is 1430. The van der Waals surface area contributed by atoms with Gasteiger partial charge in [0.1, 0.15) is 29.6 Å². The molecule has 1 amide bonds. The quantitative estimate of drug-likeness (QED) is 0.333. The van der Waals surface area contributed by atoms with E-state index in [2.05, 4.69) is 5.32 Å². The molecule has 0 bridgehead atoms. The van der Waals surface area contributed by atoms with Gasteiger partial charge in [-0.2, -0.15) is 0 Å². The summed E-state index contributed by atoms with van der Waals surface area (Å²) in [4.78, 5) is 26.2. The number of aliphatic hydroxyl groups is 1. The van der Waals surface area contributed by atoms with Gasteiger partial charge in [0, 0.05) is 29.7 Å². The van der Waals surface area contributed by atoms with Crippen molar-refractivity contribution in [3.05, 3.63) is 74.5 Å². The topological polar surface area (TPSA) is 80.6 Å². The molecule has 2 aliphatic rings. The number of rotatable bonds is 9. The van der Waals surface area contributed by atoms with Gasteiger partial charge < -0.3 is 19.7 Å². The second-order valence-corrected chi connectivity index (χ2v) is 11.3. The van der Waals surface area contributed by atoms with Crippen LogP contribution in [0.2, 0.25) is 5.02 Å². The van der Waals surface area contributed by atoms with Gasteiger partial charge in [0.05, 0.1) is 16.6 Å². The highest BCUT2D eigenvalue weighted by molar-refractivity contribution is 6.31. The standard InChI is InChI=1S/C30H33ClF2N2O4/c1-17-2-11-22(12-26(17)32)39-16-21(36)10-5-18-3-6-19(7-4-18)34-30(38)24-15-35(20-8-9-20)28-14-25(31)27(33)13-23(28)29(24)37/h2,11-15,18-21,36H,3-10,16H2,1H3,(H,34,38). The van der Waals surface area contributed by atoms with Crippen LogP contribution in [0.15, 0.2) is 41.3 Å². The minimum Gasteiger partial charge on any atom is -0.491 e. The number of fused-ring (bicyclic) bond motifs is 1. The van der Waals surface area contributed by atoms with Crippen LogP contribution in [0.5, 0.6) is 5.75 Å². The minimum atomic E-state index is -0.680. The Kier molecular flexibility index (Phi) is 8.24. The van der Waals surface area contributed by atoms with E-state index in [4.69, 9.17) is 16.3 Å². The molecule has 1 aromatic heterocycles. The summed E-state index contributed by atoms with van der Waals surface area (Å²) < 4.78 is 35.2. The Morgan fingerprint density at radius 3 is 2.56 bits per heavy atom. The maximum absolute atomic E-state index is 14.2. The third-order valence-corrected chi connectivity index (χ3v) is 8.22. The summed E-state index contributed by atoms with van der Waals surface area (Å²) in [5, 5.41) is 13.4. The molecule has 1 atom stereocenters. The lowest BCUT2D eigenvalue weighted by Gasteiger charge is -2.29. The number of aryl methyl sites for hydroxylation is 1. The van der Waals surface area contributed by atoms with Crippen LogP contribution in [0.3, 0.4) is 0 Å². The van der Waals surface area contributed by atoms with Gasteiger partial charge >= 0.3 is 0 Å². The first-order chi connectivity index (χ1) is 18.7. The van der Waals surface area contributed by atoms with Gasteiger partial charge in [-0.1, -0.05) is 17.7 Å². The van der Waals surface area contributed by atoms with E-state index < -0.39 is 23.3 Å². The molecular weight excluding hydrogens is 526 g/mol. The maximum Gasteiger partial charge on any atom is 0.256 e. The number of halogens is 3. The van der Waals surface area contributed by atoms with E-state index in [-0.39, 0.29) is 40.5 Å². The summed E-state index contributed by atoms with van der Waals surface area (Å²) in [6.45, 7) is 1.79. The Labute approximate surface area is 230 Å². The van der Waals surface area contributed by atoms with Crippen molar-refractivity contribution in [3.8, 4) is 5.75 Å². The maximum atomic E-state index is 14.2. The SMILES string of the molecule is Cc1ccc(OCC(O)CCC2CCC(NC(=O)c3cn(C4CC4)c4cc(Cl)c(F)cc4c3=O)CC2)cc1F. The number of ether oxygens (including phenoxy) is 1. The van der Waals surface area contributed by atoms with Crippen molar-refractivity contribution >= 4 is 28.4 Å². The Morgan fingerprint density at radius 1 is 1.13 bits per heavy atom. The summed E-state index contributed by atoms with van der Waals surface area (Å²) in [6.07, 6.45) is 7.57. The zero-order valence-electron chi connectivity index (χ0n) is 21.9. The van der Waals surface area contributed by atoms with Crippen LogP contribution in [0.4, 0.5) is 8.78 Å². The molecule has 0 radical (unpaired) electrons. The van der Waals surface area contributed by atoms with Gasteiger partial charge in [-0.15, -0.1) is 0 Å². The fourth-order valence-corrected chi connectivity index (χ4v) is 5.54. The molecule has 2 aromatic carbocycles. The molecule has 0 spiro atoms. The van der Waals surface area contributed by atoms with Crippen molar-refractivity contribution < 1.29 is 23.4 Å². The number of carbonyl (C=O) groups excluding carboxylic acids is 1. The summed E-state index contributed by atoms with van der Waals surface area (Å²) >= 11 is 5.97. The summed E-state index contributed by atoms with van der Waals surface area (Å²) in [5.74, 6) is -0.628. The van der Waals surface area contributed by atoms with E-state index in [1.54, 1.807) is 25.3 Å². The van der Waals surface area contributed by atoms with Gasteiger partial charge in [0.25, 0.3) is 5.91 Å². The normalized spacial score (nSPS) is 20.1. The number of hydrogen-bond acceptors (Lipinski definition) is 4. The second-order valence-electron chi connectivity index (χ2n) is 10.9. The van der Waals surface area contributed by atoms with E-state index in [1.165, 1.54) is 12.1 Å². The molecule has 2 N–H and O–H groups in total. The van der Waals surface area contributed by atoms with Gasteiger partial charge in [-0.05, 0) is 88.0 Å². The number of nitrogens with one attached hydrogen (secondary N) is 1. The van der Waals surface area contributed by atoms with E-state index in [1.807, 2.05) is 4.57 Å². The highest BCUT2D eigenvalue weighted by Gasteiger charge is 2.29. The summed E-state index contributed by atoms with van der Waals surface area (Å²) in [7, 11) is 0. The highest BCUT2D eigenvalue weighted by Crippen LogP contribution is 2.38. The predicted octanol–water partition coefficient (Wildman–Crippen LogP) is 6.09. The van der Waals surface area contributed by atoms with Gasteiger partial charge in [-0.3, -0.25) is 9.59 Å². The second kappa shape index (κ2) is 11.6. The van der Waals surface area contributed by atoms with E-state index in [9.17, 15) is 23.5 Å². The summed E-state index contributed by atoms with van der Waals surface area (Å²) in [6, 6.07) is 7.37. The molecule has 0 saturated heterocycles. The van der Waals surface area contributed by atoms with Crippen LogP contribution in [-0.4, -0.2) is 34.3 Å². The molecule has 2 aliphatic carbocycles. The molecule has 9 heteroatoms. The number of nitrogens with zero attached hydrogens (tertiary/aromatic N) is 1. The van der Waals surface area contributed by atoms with Crippen molar-refractivity contribution in [2.45, 2.75) is 76.5 Å². The van der Waals surface area contributed by atoms with E-state index in [0.29, 0.717) is 29.2 Å². The number of carbonyl (C=O) groups is 1. The first-order valence-corrected chi connectivity index (χ1v) is 14.0. The molecule has 6 nitrogen and oxygen atoms in total. The molecule has 3 aromatic rings. The highest BCUT2D eigenvalue weighted by atomic mass is 35.5. The zero-order valence-corrected chi connectivity index (χ0v) is 22.6. The monoisotopic (exact) mass is 558 g/mol. The van der Waals surface area contributed by atoms with Crippen LogP contribution in [0, 0.1) is 24.5 Å². The predicted molar refractivity (Wildman–Crippen MR) is 147 cm³/mol. The lowest BCUT2D eigenvalue weighted by Crippen LogP contribution is -2.40. The van der Waals surface area contributed by atoms with Crippen molar-refractivity contribution in [1.82, 2.24) is 9.88 Å². The molecule has 0 aliphatic heterocycles. The van der Waals surface area contributed by atoms with Crippen LogP contribution in [0.1, 0.15) is 73.3 Å². The molecule has 5 rings (SSSR count). The number of benzene rings is 2. The average Bonchev–Trinajstić information content (AvgIpc) is 3.76. The number of aliphatic hydroxyl groups excluding tert-OH is 1. The fraction of sp³-hybridized carbons (Fsp3) is 0.467. The van der Waals surface area contributed by atoms with E-state index >= 15 is 0 Å². The Hall–Kier alpha value is -2.97. The molecule has 208 valence electrons. The van der Waals surface area contributed by atoms with Crippen molar-refractivity contribution in [2.75, 3.05) is 6.61 Å². The molecule has 1 unspecified atom stereocenters. The number of amides is 1. The third-order valence-electron chi connectivity index (χ3n) is 7.93. The Morgan fingerprint density at radius 2 is 1.87 bits per heavy atom. The summed E-state index contributed by atoms with van der Waals surface area (Å²) in [5.41, 5.74) is 0.621. The molecule has 39 heavy (non-hydrogen) atoms. The van der Waals surface area contributed by atoms with Crippen LogP contribution >= 0.6 is 11.6 Å². The number of aromatic nitrogens is 1. The fourth-order valence-electron chi connectivity index (χ4n) is 5.39. The first kappa shape index (κ1) is 27.6. The number of pyridine rings is 1. The van der Waals surface area contributed by atoms with Crippen LogP contribution in [0.25, 0.3) is 10.9 Å². The van der Waals surface area contributed by atoms with E-state index in [0.717, 1.165) is 51.0 Å². The largest absolute Gasteiger partial charge is 0.491 e. The van der Waals surface area contributed by atoms with Crippen LogP contribution in [-0.2, 0) is 0 Å².